The van der Waals surface area contributed by atoms with Gasteiger partial charge in [0.2, 0.25) is 5.82 Å². The summed E-state index contributed by atoms with van der Waals surface area (Å²) in [5.74, 6) is -7.28. The van der Waals surface area contributed by atoms with Crippen molar-refractivity contribution in [3.05, 3.63) is 77.2 Å². The summed E-state index contributed by atoms with van der Waals surface area (Å²) < 4.78 is 62.5. The summed E-state index contributed by atoms with van der Waals surface area (Å²) in [6, 6.07) is 8.34. The highest BCUT2D eigenvalue weighted by atomic mass is 19.3. The number of nitrogens with zero attached hydrogens (tertiary/aromatic N) is 6. The third kappa shape index (κ3) is 3.34. The van der Waals surface area contributed by atoms with E-state index >= 15 is 8.78 Å². The highest BCUT2D eigenvalue weighted by Gasteiger charge is 2.42. The molecule has 0 aliphatic heterocycles. The summed E-state index contributed by atoms with van der Waals surface area (Å²) in [6.45, 7) is 0. The number of nitrogens with one attached hydrogen (secondary N) is 1. The van der Waals surface area contributed by atoms with Crippen LogP contribution in [0.1, 0.15) is 21.7 Å². The smallest absolute Gasteiger partial charge is 0.336 e. The van der Waals surface area contributed by atoms with Crippen LogP contribution in [-0.4, -0.2) is 42.5 Å². The van der Waals surface area contributed by atoms with E-state index in [1.165, 1.54) is 42.2 Å². The number of benzene rings is 2. The molecule has 0 aliphatic carbocycles. The van der Waals surface area contributed by atoms with Gasteiger partial charge in [-0.1, -0.05) is 0 Å². The normalized spacial score (nSPS) is 11.9. The molecule has 0 fully saturated rings. The molecule has 2 aromatic carbocycles. The maximum absolute atomic E-state index is 15.5. The first-order valence-electron chi connectivity index (χ1n) is 9.95. The van der Waals surface area contributed by atoms with Crippen molar-refractivity contribution >= 4 is 22.5 Å². The lowest BCUT2D eigenvalue weighted by molar-refractivity contribution is 0.0270. The van der Waals surface area contributed by atoms with Gasteiger partial charge >= 0.3 is 5.92 Å². The Morgan fingerprint density at radius 3 is 2.53 bits per heavy atom. The zero-order valence-electron chi connectivity index (χ0n) is 17.7. The lowest BCUT2D eigenvalue weighted by Crippen LogP contribution is -2.22. The lowest BCUT2D eigenvalue weighted by Gasteiger charge is -2.15. The Labute approximate surface area is 188 Å². The number of alkyl halides is 2. The molecular formula is C22H15F4N7O. The van der Waals surface area contributed by atoms with E-state index in [-0.39, 0.29) is 28.0 Å². The van der Waals surface area contributed by atoms with E-state index in [4.69, 9.17) is 0 Å². The molecule has 0 saturated heterocycles. The van der Waals surface area contributed by atoms with Gasteiger partial charge in [0.25, 0.3) is 5.91 Å². The highest BCUT2D eigenvalue weighted by Crippen LogP contribution is 2.38. The monoisotopic (exact) mass is 469 g/mol. The van der Waals surface area contributed by atoms with Crippen LogP contribution in [0.4, 0.5) is 17.6 Å². The summed E-state index contributed by atoms with van der Waals surface area (Å²) in [4.78, 5) is 11.7. The Bertz CT molecular complexity index is 1590. The van der Waals surface area contributed by atoms with Gasteiger partial charge in [0.15, 0.2) is 5.65 Å². The van der Waals surface area contributed by atoms with Crippen molar-refractivity contribution in [2.75, 3.05) is 7.05 Å². The van der Waals surface area contributed by atoms with Crippen LogP contribution in [0.3, 0.4) is 0 Å². The van der Waals surface area contributed by atoms with Gasteiger partial charge < -0.3 is 5.32 Å². The fraction of sp³-hybridized carbons (Fsp3) is 0.136. The summed E-state index contributed by atoms with van der Waals surface area (Å²) in [5, 5.41) is 18.0. The molecule has 0 unspecified atom stereocenters. The Morgan fingerprint density at radius 2 is 1.79 bits per heavy atom. The van der Waals surface area contributed by atoms with Crippen LogP contribution < -0.4 is 5.32 Å². The molecule has 12 heteroatoms. The molecule has 8 nitrogen and oxygen atoms in total. The standard InChI is InChI=1S/C22H15F4N7O/c1-27-20(34)11-3-4-13(15(23)8-11)17-5-6-19-28-29-21(33(19)31-17)22(25,26)14-7-12-10-32(2)30-18(12)9-16(14)24/h3-10H,1-2H3,(H,27,34). The maximum Gasteiger partial charge on any atom is 0.336 e. The average molecular weight is 469 g/mol. The van der Waals surface area contributed by atoms with Gasteiger partial charge in [-0.15, -0.1) is 10.2 Å². The van der Waals surface area contributed by atoms with E-state index < -0.39 is 34.9 Å². The maximum atomic E-state index is 15.5. The van der Waals surface area contributed by atoms with Crippen LogP contribution >= 0.6 is 0 Å². The largest absolute Gasteiger partial charge is 0.355 e. The Kier molecular flexibility index (Phi) is 4.81. The second kappa shape index (κ2) is 7.61. The number of aromatic nitrogens is 6. The zero-order valence-corrected chi connectivity index (χ0v) is 17.7. The summed E-state index contributed by atoms with van der Waals surface area (Å²) in [5.41, 5.74) is -0.683. The molecule has 0 bridgehead atoms. The van der Waals surface area contributed by atoms with Gasteiger partial charge in [-0.25, -0.2) is 8.78 Å². The third-order valence-corrected chi connectivity index (χ3v) is 5.32. The minimum Gasteiger partial charge on any atom is -0.355 e. The number of fused-ring (bicyclic) bond motifs is 2. The van der Waals surface area contributed by atoms with Crippen molar-refractivity contribution in [3.63, 3.8) is 0 Å². The van der Waals surface area contributed by atoms with E-state index in [0.717, 1.165) is 22.7 Å². The molecule has 3 aromatic heterocycles. The van der Waals surface area contributed by atoms with E-state index in [1.807, 2.05) is 0 Å². The minimum atomic E-state index is -3.92. The number of halogens is 4. The highest BCUT2D eigenvalue weighted by molar-refractivity contribution is 5.94. The van der Waals surface area contributed by atoms with Crippen molar-refractivity contribution in [2.24, 2.45) is 7.05 Å². The van der Waals surface area contributed by atoms with E-state index in [1.54, 1.807) is 7.05 Å². The predicted octanol–water partition coefficient (Wildman–Crippen LogP) is 3.46. The van der Waals surface area contributed by atoms with Crippen LogP contribution in [0.2, 0.25) is 0 Å². The predicted molar refractivity (Wildman–Crippen MR) is 113 cm³/mol. The van der Waals surface area contributed by atoms with E-state index in [0.29, 0.717) is 5.39 Å². The van der Waals surface area contributed by atoms with Crippen LogP contribution in [-0.2, 0) is 13.0 Å². The molecule has 5 rings (SSSR count). The average Bonchev–Trinajstić information content (AvgIpc) is 3.39. The van der Waals surface area contributed by atoms with Crippen molar-refractivity contribution in [1.29, 1.82) is 0 Å². The molecule has 1 N–H and O–H groups in total. The number of carbonyl (C=O) groups excluding carboxylic acids is 1. The topological polar surface area (TPSA) is 90.0 Å². The van der Waals surface area contributed by atoms with Gasteiger partial charge in [-0.2, -0.15) is 23.5 Å². The van der Waals surface area contributed by atoms with Crippen LogP contribution in [0.5, 0.6) is 0 Å². The first kappa shape index (κ1) is 21.5. The van der Waals surface area contributed by atoms with Crippen molar-refractivity contribution in [2.45, 2.75) is 5.92 Å². The van der Waals surface area contributed by atoms with Gasteiger partial charge in [-0.3, -0.25) is 9.48 Å². The van der Waals surface area contributed by atoms with Crippen molar-refractivity contribution < 1.29 is 22.4 Å². The first-order valence-corrected chi connectivity index (χ1v) is 9.95. The van der Waals surface area contributed by atoms with Gasteiger partial charge in [-0.05, 0) is 36.4 Å². The second-order valence-electron chi connectivity index (χ2n) is 7.55. The molecule has 172 valence electrons. The minimum absolute atomic E-state index is 0.00603. The van der Waals surface area contributed by atoms with Crippen molar-refractivity contribution in [3.8, 4) is 11.3 Å². The van der Waals surface area contributed by atoms with Gasteiger partial charge in [0, 0.05) is 42.9 Å². The van der Waals surface area contributed by atoms with Gasteiger partial charge in [0.05, 0.1) is 16.8 Å². The molecule has 5 aromatic rings. The SMILES string of the molecule is CNC(=O)c1ccc(-c2ccc3nnc(C(F)(F)c4cc5cn(C)nc5cc4F)n3n2)c(F)c1. The number of carbonyl (C=O) groups is 1. The summed E-state index contributed by atoms with van der Waals surface area (Å²) in [7, 11) is 3.00. The van der Waals surface area contributed by atoms with Gasteiger partial charge in [0.1, 0.15) is 11.6 Å². The molecule has 0 saturated carbocycles. The summed E-state index contributed by atoms with van der Waals surface area (Å²) in [6.07, 6.45) is 1.48. The molecule has 0 atom stereocenters. The number of rotatable bonds is 4. The molecule has 1 amide bonds. The van der Waals surface area contributed by atoms with Crippen LogP contribution in [0, 0.1) is 11.6 Å². The molecular weight excluding hydrogens is 454 g/mol. The third-order valence-electron chi connectivity index (χ3n) is 5.32. The van der Waals surface area contributed by atoms with Crippen molar-refractivity contribution in [1.82, 2.24) is 34.9 Å². The quantitative estimate of drug-likeness (QED) is 0.407. The fourth-order valence-electron chi connectivity index (χ4n) is 3.67. The Balaban J connectivity index is 1.63. The Hall–Kier alpha value is -4.35. The number of aryl methyl sites for hydroxylation is 1. The Morgan fingerprint density at radius 1 is 1.00 bits per heavy atom. The lowest BCUT2D eigenvalue weighted by atomic mass is 10.0. The summed E-state index contributed by atoms with van der Waals surface area (Å²) >= 11 is 0. The molecule has 0 spiro atoms. The molecule has 0 radical (unpaired) electrons. The number of hydrogen-bond donors (Lipinski definition) is 1. The molecule has 34 heavy (non-hydrogen) atoms. The van der Waals surface area contributed by atoms with Crippen LogP contribution in [0.15, 0.2) is 48.7 Å². The molecule has 3 heterocycles. The molecule has 0 aliphatic rings. The van der Waals surface area contributed by atoms with Crippen LogP contribution in [0.25, 0.3) is 27.8 Å². The number of hydrogen-bond acceptors (Lipinski definition) is 5. The number of amides is 1. The van der Waals surface area contributed by atoms with E-state index in [9.17, 15) is 13.6 Å². The zero-order chi connectivity index (χ0) is 24.2. The first-order chi connectivity index (χ1) is 16.2. The fourth-order valence-corrected chi connectivity index (χ4v) is 3.67. The van der Waals surface area contributed by atoms with E-state index in [2.05, 4.69) is 25.7 Å². The second-order valence-corrected chi connectivity index (χ2v) is 7.55.